The summed E-state index contributed by atoms with van der Waals surface area (Å²) in [6.45, 7) is 3.81. The Hall–Kier alpha value is -3.25. The van der Waals surface area contributed by atoms with Crippen LogP contribution in [0.15, 0.2) is 60.8 Å². The minimum absolute atomic E-state index is 0.00658. The van der Waals surface area contributed by atoms with Crippen LogP contribution in [0.4, 0.5) is 0 Å². The van der Waals surface area contributed by atoms with Crippen LogP contribution in [0.1, 0.15) is 26.3 Å². The van der Waals surface area contributed by atoms with E-state index in [9.17, 15) is 9.59 Å². The number of carbonyl (C=O) groups is 2. The van der Waals surface area contributed by atoms with Crippen LogP contribution in [0.3, 0.4) is 0 Å². The van der Waals surface area contributed by atoms with Crippen molar-refractivity contribution in [2.45, 2.75) is 6.54 Å². The van der Waals surface area contributed by atoms with Crippen molar-refractivity contribution >= 4 is 22.8 Å². The number of hydrogen-bond acceptors (Lipinski definition) is 5. The van der Waals surface area contributed by atoms with Crippen LogP contribution >= 0.6 is 0 Å². The first-order chi connectivity index (χ1) is 14.2. The molecule has 0 spiro atoms. The van der Waals surface area contributed by atoms with Gasteiger partial charge in [0.1, 0.15) is 0 Å². The van der Waals surface area contributed by atoms with Gasteiger partial charge in [-0.05, 0) is 35.9 Å². The van der Waals surface area contributed by atoms with Crippen molar-refractivity contribution in [3.05, 3.63) is 77.5 Å². The van der Waals surface area contributed by atoms with Crippen molar-refractivity contribution in [2.75, 3.05) is 33.3 Å². The third kappa shape index (κ3) is 4.12. The zero-order valence-corrected chi connectivity index (χ0v) is 16.4. The number of pyridine rings is 1. The molecule has 0 bridgehead atoms. The summed E-state index contributed by atoms with van der Waals surface area (Å²) < 4.78 is 4.70. The fraction of sp³-hybridized carbons (Fsp3) is 0.261. The second kappa shape index (κ2) is 8.41. The topological polar surface area (TPSA) is 62.7 Å². The van der Waals surface area contributed by atoms with Crippen molar-refractivity contribution in [1.29, 1.82) is 0 Å². The summed E-state index contributed by atoms with van der Waals surface area (Å²) in [7, 11) is 1.34. The highest BCUT2D eigenvalue weighted by molar-refractivity contribution is 5.96. The van der Waals surface area contributed by atoms with E-state index in [1.807, 2.05) is 17.2 Å². The van der Waals surface area contributed by atoms with Gasteiger partial charge in [-0.15, -0.1) is 0 Å². The second-order valence-electron chi connectivity index (χ2n) is 7.13. The smallest absolute Gasteiger partial charge is 0.337 e. The monoisotopic (exact) mass is 389 g/mol. The van der Waals surface area contributed by atoms with Crippen molar-refractivity contribution in [1.82, 2.24) is 14.8 Å². The molecule has 3 aromatic rings. The molecule has 1 aromatic heterocycles. The summed E-state index contributed by atoms with van der Waals surface area (Å²) in [5.41, 5.74) is 3.28. The molecule has 0 radical (unpaired) electrons. The minimum Gasteiger partial charge on any atom is -0.465 e. The molecule has 0 atom stereocenters. The number of para-hydroxylation sites is 1. The fourth-order valence-corrected chi connectivity index (χ4v) is 3.69. The third-order valence-electron chi connectivity index (χ3n) is 5.32. The highest BCUT2D eigenvalue weighted by Gasteiger charge is 2.23. The zero-order chi connectivity index (χ0) is 20.2. The summed E-state index contributed by atoms with van der Waals surface area (Å²) in [6, 6.07) is 16.9. The first-order valence-electron chi connectivity index (χ1n) is 9.68. The van der Waals surface area contributed by atoms with E-state index in [2.05, 4.69) is 34.1 Å². The number of methoxy groups -OCH3 is 1. The summed E-state index contributed by atoms with van der Waals surface area (Å²) in [4.78, 5) is 33.1. The van der Waals surface area contributed by atoms with Crippen LogP contribution in [0, 0.1) is 0 Å². The van der Waals surface area contributed by atoms with Gasteiger partial charge < -0.3 is 9.64 Å². The lowest BCUT2D eigenvalue weighted by molar-refractivity contribution is 0.0596. The number of aromatic nitrogens is 1. The van der Waals surface area contributed by atoms with Crippen LogP contribution in [-0.4, -0.2) is 59.9 Å². The molecule has 2 heterocycles. The average Bonchev–Trinajstić information content (AvgIpc) is 2.79. The van der Waals surface area contributed by atoms with Gasteiger partial charge in [-0.3, -0.25) is 14.7 Å². The van der Waals surface area contributed by atoms with E-state index in [1.54, 1.807) is 24.3 Å². The van der Waals surface area contributed by atoms with Crippen LogP contribution in [0.2, 0.25) is 0 Å². The van der Waals surface area contributed by atoms with Gasteiger partial charge in [0.15, 0.2) is 0 Å². The number of carbonyl (C=O) groups excluding carboxylic acids is 2. The largest absolute Gasteiger partial charge is 0.465 e. The Balaban J connectivity index is 1.37. The van der Waals surface area contributed by atoms with Crippen LogP contribution in [-0.2, 0) is 11.3 Å². The maximum atomic E-state index is 12.8. The number of esters is 1. The van der Waals surface area contributed by atoms with E-state index < -0.39 is 5.97 Å². The van der Waals surface area contributed by atoms with E-state index in [1.165, 1.54) is 12.7 Å². The maximum absolute atomic E-state index is 12.8. The molecule has 148 valence electrons. The predicted octanol–water partition coefficient (Wildman–Crippen LogP) is 2.98. The molecule has 0 N–H and O–H groups in total. The number of fused-ring (bicyclic) bond motifs is 1. The van der Waals surface area contributed by atoms with Crippen molar-refractivity contribution in [3.8, 4) is 0 Å². The molecule has 2 aromatic carbocycles. The Morgan fingerprint density at radius 1 is 0.931 bits per heavy atom. The second-order valence-corrected chi connectivity index (χ2v) is 7.13. The van der Waals surface area contributed by atoms with Gasteiger partial charge in [0, 0.05) is 49.9 Å². The van der Waals surface area contributed by atoms with Crippen molar-refractivity contribution < 1.29 is 14.3 Å². The predicted molar refractivity (Wildman–Crippen MR) is 111 cm³/mol. The summed E-state index contributed by atoms with van der Waals surface area (Å²) in [5, 5.41) is 1.15. The fourth-order valence-electron chi connectivity index (χ4n) is 3.69. The highest BCUT2D eigenvalue weighted by Crippen LogP contribution is 2.19. The van der Waals surface area contributed by atoms with E-state index in [0.717, 1.165) is 30.5 Å². The van der Waals surface area contributed by atoms with Gasteiger partial charge in [-0.2, -0.15) is 0 Å². The van der Waals surface area contributed by atoms with Crippen LogP contribution < -0.4 is 0 Å². The Morgan fingerprint density at radius 2 is 1.62 bits per heavy atom. The molecule has 29 heavy (non-hydrogen) atoms. The molecule has 1 amide bonds. The molecule has 1 aliphatic heterocycles. The molecule has 0 saturated carbocycles. The standard InChI is InChI=1S/C23H23N3O3/c1-29-23(28)19-9-7-18(8-10-19)22(27)26-14-12-25(13-15-26)16-20-5-2-4-17-6-3-11-24-21(17)20/h2-11H,12-16H2,1H3. The SMILES string of the molecule is COC(=O)c1ccc(C(=O)N2CCN(Cc3cccc4cccnc34)CC2)cc1. The van der Waals surface area contributed by atoms with Gasteiger partial charge in [-0.1, -0.05) is 24.3 Å². The summed E-state index contributed by atoms with van der Waals surface area (Å²) in [5.74, 6) is -0.409. The molecular formula is C23H23N3O3. The number of ether oxygens (including phenoxy) is 1. The first-order valence-corrected chi connectivity index (χ1v) is 9.68. The molecule has 6 nitrogen and oxygen atoms in total. The van der Waals surface area contributed by atoms with Gasteiger partial charge in [0.25, 0.3) is 5.91 Å². The molecule has 1 aliphatic rings. The Bertz CT molecular complexity index is 1020. The minimum atomic E-state index is -0.402. The number of benzene rings is 2. The van der Waals surface area contributed by atoms with Crippen LogP contribution in [0.5, 0.6) is 0 Å². The lowest BCUT2D eigenvalue weighted by Gasteiger charge is -2.35. The number of hydrogen-bond donors (Lipinski definition) is 0. The number of rotatable bonds is 4. The van der Waals surface area contributed by atoms with Crippen LogP contribution in [0.25, 0.3) is 10.9 Å². The third-order valence-corrected chi connectivity index (χ3v) is 5.32. The van der Waals surface area contributed by atoms with E-state index in [-0.39, 0.29) is 5.91 Å². The summed E-state index contributed by atoms with van der Waals surface area (Å²) in [6.07, 6.45) is 1.83. The average molecular weight is 389 g/mol. The molecule has 1 fully saturated rings. The highest BCUT2D eigenvalue weighted by atomic mass is 16.5. The van der Waals surface area contributed by atoms with Gasteiger partial charge in [0.05, 0.1) is 18.2 Å². The molecule has 0 unspecified atom stereocenters. The van der Waals surface area contributed by atoms with E-state index >= 15 is 0 Å². The quantitative estimate of drug-likeness (QED) is 0.642. The molecule has 1 saturated heterocycles. The van der Waals surface area contributed by atoms with Gasteiger partial charge in [0.2, 0.25) is 0 Å². The molecule has 6 heteroatoms. The first kappa shape index (κ1) is 19.1. The molecule has 4 rings (SSSR count). The number of amides is 1. The van der Waals surface area contributed by atoms with Gasteiger partial charge >= 0.3 is 5.97 Å². The molecule has 0 aliphatic carbocycles. The summed E-state index contributed by atoms with van der Waals surface area (Å²) >= 11 is 0. The molecular weight excluding hydrogens is 366 g/mol. The lowest BCUT2D eigenvalue weighted by atomic mass is 10.1. The van der Waals surface area contributed by atoms with Crippen molar-refractivity contribution in [3.63, 3.8) is 0 Å². The number of nitrogens with zero attached hydrogens (tertiary/aromatic N) is 3. The Kier molecular flexibility index (Phi) is 5.53. The van der Waals surface area contributed by atoms with E-state index in [4.69, 9.17) is 4.74 Å². The lowest BCUT2D eigenvalue weighted by Crippen LogP contribution is -2.48. The Labute approximate surface area is 169 Å². The number of piperazine rings is 1. The Morgan fingerprint density at radius 3 is 2.34 bits per heavy atom. The normalized spacial score (nSPS) is 14.7. The van der Waals surface area contributed by atoms with Gasteiger partial charge in [-0.25, -0.2) is 4.79 Å². The van der Waals surface area contributed by atoms with Crippen molar-refractivity contribution in [2.24, 2.45) is 0 Å². The van der Waals surface area contributed by atoms with E-state index in [0.29, 0.717) is 24.2 Å². The maximum Gasteiger partial charge on any atom is 0.337 e. The zero-order valence-electron chi connectivity index (χ0n) is 16.4.